The van der Waals surface area contributed by atoms with E-state index in [4.69, 9.17) is 0 Å². The van der Waals surface area contributed by atoms with Gasteiger partial charge in [-0.15, -0.1) is 11.3 Å². The summed E-state index contributed by atoms with van der Waals surface area (Å²) in [4.78, 5) is 13.6. The molecule has 0 radical (unpaired) electrons. The number of hydrogen-bond acceptors (Lipinski definition) is 5. The number of aryl methyl sites for hydroxylation is 1. The van der Waals surface area contributed by atoms with Crippen LogP contribution in [0.2, 0.25) is 0 Å². The van der Waals surface area contributed by atoms with Crippen LogP contribution in [0.1, 0.15) is 29.5 Å². The topological polar surface area (TPSA) is 58.9 Å². The van der Waals surface area contributed by atoms with Crippen LogP contribution in [0, 0.1) is 0 Å². The fourth-order valence-electron chi connectivity index (χ4n) is 1.92. The molecule has 2 aromatic heterocycles. The molecular formula is C11H11N3OS. The Hall–Kier alpha value is -1.33. The Morgan fingerprint density at radius 1 is 1.44 bits per heavy atom. The van der Waals surface area contributed by atoms with Gasteiger partial charge < -0.3 is 5.11 Å². The minimum absolute atomic E-state index is 0.336. The molecule has 0 aliphatic heterocycles. The average molecular weight is 233 g/mol. The third-order valence-electron chi connectivity index (χ3n) is 2.72. The highest BCUT2D eigenvalue weighted by Crippen LogP contribution is 2.36. The van der Waals surface area contributed by atoms with E-state index in [9.17, 15) is 5.11 Å². The van der Waals surface area contributed by atoms with E-state index in [1.54, 1.807) is 17.5 Å². The maximum absolute atomic E-state index is 9.86. The molecule has 0 amide bonds. The minimum Gasteiger partial charge on any atom is -0.388 e. The Bertz CT molecular complexity index is 497. The number of rotatable bonds is 1. The molecule has 16 heavy (non-hydrogen) atoms. The summed E-state index contributed by atoms with van der Waals surface area (Å²) in [7, 11) is 0. The van der Waals surface area contributed by atoms with Crippen LogP contribution in [0.3, 0.4) is 0 Å². The second kappa shape index (κ2) is 3.92. The van der Waals surface area contributed by atoms with Gasteiger partial charge in [0, 0.05) is 6.20 Å². The molecule has 5 heteroatoms. The largest absolute Gasteiger partial charge is 0.388 e. The Kier molecular flexibility index (Phi) is 2.41. The molecular weight excluding hydrogens is 222 g/mol. The molecule has 2 aromatic rings. The maximum Gasteiger partial charge on any atom is 0.142 e. The number of hydrogen-bond donors (Lipinski definition) is 1. The summed E-state index contributed by atoms with van der Waals surface area (Å²) in [5.74, 6) is 0. The van der Waals surface area contributed by atoms with Crippen molar-refractivity contribution in [3.63, 3.8) is 0 Å². The summed E-state index contributed by atoms with van der Waals surface area (Å²) in [5, 5.41) is 10.7. The molecule has 0 aromatic carbocycles. The van der Waals surface area contributed by atoms with Gasteiger partial charge in [-0.25, -0.2) is 15.0 Å². The van der Waals surface area contributed by atoms with Crippen molar-refractivity contribution in [1.82, 2.24) is 15.0 Å². The van der Waals surface area contributed by atoms with Crippen LogP contribution < -0.4 is 0 Å². The quantitative estimate of drug-likeness (QED) is 0.818. The van der Waals surface area contributed by atoms with Crippen molar-refractivity contribution in [2.75, 3.05) is 0 Å². The lowest BCUT2D eigenvalue weighted by Gasteiger charge is -2.14. The SMILES string of the molecule is OC1CCCc2nc(-c3ccncn3)sc21. The summed E-state index contributed by atoms with van der Waals surface area (Å²) < 4.78 is 0. The Morgan fingerprint density at radius 2 is 2.38 bits per heavy atom. The summed E-state index contributed by atoms with van der Waals surface area (Å²) in [6, 6.07) is 1.84. The molecule has 1 unspecified atom stereocenters. The first-order chi connectivity index (χ1) is 7.84. The van der Waals surface area contributed by atoms with Crippen LogP contribution in [-0.2, 0) is 6.42 Å². The predicted octanol–water partition coefficient (Wildman–Crippen LogP) is 1.97. The van der Waals surface area contributed by atoms with Gasteiger partial charge in [-0.2, -0.15) is 0 Å². The first-order valence-corrected chi connectivity index (χ1v) is 6.10. The normalized spacial score (nSPS) is 19.4. The van der Waals surface area contributed by atoms with Crippen LogP contribution in [0.25, 0.3) is 10.7 Å². The number of fused-ring (bicyclic) bond motifs is 1. The van der Waals surface area contributed by atoms with Crippen LogP contribution in [-0.4, -0.2) is 20.1 Å². The fourth-order valence-corrected chi connectivity index (χ4v) is 3.03. The highest BCUT2D eigenvalue weighted by atomic mass is 32.1. The molecule has 0 bridgehead atoms. The number of aliphatic hydroxyl groups excluding tert-OH is 1. The van der Waals surface area contributed by atoms with Crippen LogP contribution >= 0.6 is 11.3 Å². The highest BCUT2D eigenvalue weighted by molar-refractivity contribution is 7.15. The van der Waals surface area contributed by atoms with Crippen molar-refractivity contribution in [3.05, 3.63) is 29.2 Å². The van der Waals surface area contributed by atoms with Gasteiger partial charge in [0.25, 0.3) is 0 Å². The molecule has 0 fully saturated rings. The van der Waals surface area contributed by atoms with E-state index >= 15 is 0 Å². The van der Waals surface area contributed by atoms with Crippen molar-refractivity contribution >= 4 is 11.3 Å². The van der Waals surface area contributed by atoms with E-state index in [-0.39, 0.29) is 6.10 Å². The van der Waals surface area contributed by atoms with Gasteiger partial charge >= 0.3 is 0 Å². The van der Waals surface area contributed by atoms with E-state index in [0.29, 0.717) is 0 Å². The molecule has 0 spiro atoms. The summed E-state index contributed by atoms with van der Waals surface area (Å²) in [6.45, 7) is 0. The molecule has 1 N–H and O–H groups in total. The summed E-state index contributed by atoms with van der Waals surface area (Å²) in [6.07, 6.45) is 5.72. The zero-order chi connectivity index (χ0) is 11.0. The standard InChI is InChI=1S/C11H11N3OS/c15-9-3-1-2-7-10(9)16-11(14-7)8-4-5-12-6-13-8/h4-6,9,15H,1-3H2. The second-order valence-electron chi connectivity index (χ2n) is 3.83. The predicted molar refractivity (Wildman–Crippen MR) is 61.0 cm³/mol. The Balaban J connectivity index is 2.05. The zero-order valence-corrected chi connectivity index (χ0v) is 9.44. The van der Waals surface area contributed by atoms with E-state index in [0.717, 1.165) is 40.5 Å². The fraction of sp³-hybridized carbons (Fsp3) is 0.364. The molecule has 1 atom stereocenters. The highest BCUT2D eigenvalue weighted by Gasteiger charge is 2.23. The Labute approximate surface area is 97.0 Å². The van der Waals surface area contributed by atoms with Crippen molar-refractivity contribution in [3.8, 4) is 10.7 Å². The van der Waals surface area contributed by atoms with E-state index in [1.807, 2.05) is 6.07 Å². The lowest BCUT2D eigenvalue weighted by molar-refractivity contribution is 0.160. The van der Waals surface area contributed by atoms with Crippen molar-refractivity contribution in [1.29, 1.82) is 0 Å². The minimum atomic E-state index is -0.336. The Morgan fingerprint density at radius 3 is 3.12 bits per heavy atom. The first kappa shape index (κ1) is 9.86. The van der Waals surface area contributed by atoms with Gasteiger partial charge in [-0.1, -0.05) is 0 Å². The van der Waals surface area contributed by atoms with E-state index in [1.165, 1.54) is 6.33 Å². The monoisotopic (exact) mass is 233 g/mol. The van der Waals surface area contributed by atoms with Crippen LogP contribution in [0.15, 0.2) is 18.6 Å². The van der Waals surface area contributed by atoms with Crippen molar-refractivity contribution in [2.24, 2.45) is 0 Å². The van der Waals surface area contributed by atoms with Gasteiger partial charge in [0.2, 0.25) is 0 Å². The van der Waals surface area contributed by atoms with Crippen molar-refractivity contribution in [2.45, 2.75) is 25.4 Å². The van der Waals surface area contributed by atoms with E-state index in [2.05, 4.69) is 15.0 Å². The van der Waals surface area contributed by atoms with Gasteiger partial charge in [0.15, 0.2) is 0 Å². The smallest absolute Gasteiger partial charge is 0.142 e. The molecule has 0 saturated heterocycles. The molecule has 3 rings (SSSR count). The number of nitrogens with zero attached hydrogens (tertiary/aromatic N) is 3. The molecule has 1 aliphatic carbocycles. The van der Waals surface area contributed by atoms with Crippen LogP contribution in [0.5, 0.6) is 0 Å². The average Bonchev–Trinajstić information content (AvgIpc) is 2.76. The lowest BCUT2D eigenvalue weighted by atomic mass is 10.0. The van der Waals surface area contributed by atoms with E-state index < -0.39 is 0 Å². The van der Waals surface area contributed by atoms with Gasteiger partial charge in [-0.3, -0.25) is 0 Å². The first-order valence-electron chi connectivity index (χ1n) is 5.28. The lowest BCUT2D eigenvalue weighted by Crippen LogP contribution is -2.06. The van der Waals surface area contributed by atoms with Gasteiger partial charge in [0.1, 0.15) is 17.0 Å². The van der Waals surface area contributed by atoms with Gasteiger partial charge in [-0.05, 0) is 25.3 Å². The number of thiazole rings is 1. The molecule has 0 saturated carbocycles. The number of aliphatic hydroxyl groups is 1. The zero-order valence-electron chi connectivity index (χ0n) is 8.63. The second-order valence-corrected chi connectivity index (χ2v) is 4.86. The van der Waals surface area contributed by atoms with Gasteiger partial charge in [0.05, 0.1) is 16.7 Å². The third kappa shape index (κ3) is 1.62. The molecule has 82 valence electrons. The summed E-state index contributed by atoms with van der Waals surface area (Å²) >= 11 is 1.55. The summed E-state index contributed by atoms with van der Waals surface area (Å²) in [5.41, 5.74) is 1.87. The molecule has 2 heterocycles. The van der Waals surface area contributed by atoms with Crippen molar-refractivity contribution < 1.29 is 5.11 Å². The molecule has 1 aliphatic rings. The molecule has 4 nitrogen and oxygen atoms in total. The maximum atomic E-state index is 9.86. The number of aromatic nitrogens is 3. The third-order valence-corrected chi connectivity index (χ3v) is 3.94. The van der Waals surface area contributed by atoms with Crippen LogP contribution in [0.4, 0.5) is 0 Å².